The van der Waals surface area contributed by atoms with Gasteiger partial charge < -0.3 is 9.64 Å². The van der Waals surface area contributed by atoms with Crippen LogP contribution < -0.4 is 0 Å². The fraction of sp³-hybridized carbons (Fsp3) is 0.467. The predicted molar refractivity (Wildman–Crippen MR) is 71.4 cm³/mol. The summed E-state index contributed by atoms with van der Waals surface area (Å²) in [6.45, 7) is 4.99. The molecule has 2 rings (SSSR count). The molecule has 0 aromatic heterocycles. The summed E-state index contributed by atoms with van der Waals surface area (Å²) in [7, 11) is 0. The first-order valence-corrected chi connectivity index (χ1v) is 6.50. The molecule has 100 valence electrons. The zero-order valence-electron chi connectivity index (χ0n) is 11.2. The molecule has 1 aliphatic heterocycles. The molecule has 0 aliphatic carbocycles. The van der Waals surface area contributed by atoms with Crippen molar-refractivity contribution in [2.24, 2.45) is 0 Å². The molecule has 4 heteroatoms. The number of morpholine rings is 1. The number of hydrogen-bond donors (Lipinski definition) is 0. The lowest BCUT2D eigenvalue weighted by molar-refractivity contribution is -0.143. The van der Waals surface area contributed by atoms with E-state index < -0.39 is 5.92 Å². The van der Waals surface area contributed by atoms with Crippen molar-refractivity contribution in [1.82, 2.24) is 4.90 Å². The van der Waals surface area contributed by atoms with Crippen LogP contribution in [0, 0.1) is 11.3 Å². The number of rotatable bonds is 2. The Hall–Kier alpha value is -1.86. The molecule has 1 fully saturated rings. The van der Waals surface area contributed by atoms with Gasteiger partial charge in [-0.15, -0.1) is 0 Å². The van der Waals surface area contributed by atoms with Crippen molar-refractivity contribution in [3.63, 3.8) is 0 Å². The highest BCUT2D eigenvalue weighted by atomic mass is 16.5. The van der Waals surface area contributed by atoms with Crippen molar-refractivity contribution in [2.45, 2.75) is 32.0 Å². The van der Waals surface area contributed by atoms with Crippen LogP contribution >= 0.6 is 0 Å². The van der Waals surface area contributed by atoms with Gasteiger partial charge in [-0.05, 0) is 19.4 Å². The molecular formula is C15H18N2O2. The molecular weight excluding hydrogens is 240 g/mol. The van der Waals surface area contributed by atoms with E-state index >= 15 is 0 Å². The van der Waals surface area contributed by atoms with Gasteiger partial charge in [0.25, 0.3) is 0 Å². The maximum atomic E-state index is 12.5. The van der Waals surface area contributed by atoms with Crippen LogP contribution in [-0.4, -0.2) is 36.1 Å². The number of amides is 1. The van der Waals surface area contributed by atoms with Crippen LogP contribution in [0.2, 0.25) is 0 Å². The molecule has 1 aromatic carbocycles. The first kappa shape index (κ1) is 13.6. The monoisotopic (exact) mass is 258 g/mol. The van der Waals surface area contributed by atoms with Gasteiger partial charge in [-0.2, -0.15) is 5.26 Å². The third-order valence-electron chi connectivity index (χ3n) is 3.24. The van der Waals surface area contributed by atoms with Crippen LogP contribution in [0.4, 0.5) is 0 Å². The van der Waals surface area contributed by atoms with Crippen molar-refractivity contribution in [2.75, 3.05) is 13.1 Å². The summed E-state index contributed by atoms with van der Waals surface area (Å²) in [6, 6.07) is 11.3. The first-order chi connectivity index (χ1) is 9.11. The molecule has 1 heterocycles. The van der Waals surface area contributed by atoms with Gasteiger partial charge in [-0.3, -0.25) is 4.79 Å². The molecule has 3 atom stereocenters. The summed E-state index contributed by atoms with van der Waals surface area (Å²) in [6.07, 6.45) is 0.0330. The quantitative estimate of drug-likeness (QED) is 0.814. The Morgan fingerprint density at radius 2 is 1.89 bits per heavy atom. The van der Waals surface area contributed by atoms with Crippen LogP contribution in [0.5, 0.6) is 0 Å². The van der Waals surface area contributed by atoms with Crippen LogP contribution in [0.25, 0.3) is 0 Å². The minimum Gasteiger partial charge on any atom is -0.372 e. The number of carbonyl (C=O) groups is 1. The second kappa shape index (κ2) is 5.85. The zero-order valence-corrected chi connectivity index (χ0v) is 11.2. The normalized spacial score (nSPS) is 24.6. The summed E-state index contributed by atoms with van der Waals surface area (Å²) in [5.74, 6) is -0.852. The molecule has 1 aromatic rings. The summed E-state index contributed by atoms with van der Waals surface area (Å²) in [5.41, 5.74) is 0.752. The van der Waals surface area contributed by atoms with E-state index in [0.717, 1.165) is 5.56 Å². The van der Waals surface area contributed by atoms with E-state index in [0.29, 0.717) is 13.1 Å². The standard InChI is InChI=1S/C15H18N2O2/c1-11-9-17(10-12(2)19-11)15(18)14(8-16)13-6-4-3-5-7-13/h3-7,11-12,14H,9-10H2,1-2H3. The van der Waals surface area contributed by atoms with Gasteiger partial charge in [-0.25, -0.2) is 0 Å². The smallest absolute Gasteiger partial charge is 0.244 e. The maximum Gasteiger partial charge on any atom is 0.244 e. The van der Waals surface area contributed by atoms with Gasteiger partial charge in [0, 0.05) is 13.1 Å². The summed E-state index contributed by atoms with van der Waals surface area (Å²) in [4.78, 5) is 14.2. The number of benzene rings is 1. The Labute approximate surface area is 113 Å². The highest BCUT2D eigenvalue weighted by Crippen LogP contribution is 2.20. The van der Waals surface area contributed by atoms with Crippen LogP contribution in [-0.2, 0) is 9.53 Å². The summed E-state index contributed by atoms with van der Waals surface area (Å²) >= 11 is 0. The second-order valence-electron chi connectivity index (χ2n) is 4.97. The molecule has 3 unspecified atom stereocenters. The number of ether oxygens (including phenoxy) is 1. The highest BCUT2D eigenvalue weighted by molar-refractivity contribution is 5.86. The van der Waals surface area contributed by atoms with Crippen molar-refractivity contribution < 1.29 is 9.53 Å². The van der Waals surface area contributed by atoms with E-state index in [1.807, 2.05) is 44.2 Å². The van der Waals surface area contributed by atoms with Gasteiger partial charge in [0.2, 0.25) is 5.91 Å². The van der Waals surface area contributed by atoms with E-state index in [1.54, 1.807) is 4.90 Å². The predicted octanol–water partition coefficient (Wildman–Crippen LogP) is 1.93. The largest absolute Gasteiger partial charge is 0.372 e. The van der Waals surface area contributed by atoms with Crippen LogP contribution in [0.3, 0.4) is 0 Å². The molecule has 19 heavy (non-hydrogen) atoms. The van der Waals surface area contributed by atoms with Gasteiger partial charge in [0.1, 0.15) is 5.92 Å². The summed E-state index contributed by atoms with van der Waals surface area (Å²) in [5, 5.41) is 9.28. The van der Waals surface area contributed by atoms with E-state index in [2.05, 4.69) is 6.07 Å². The Morgan fingerprint density at radius 3 is 2.42 bits per heavy atom. The molecule has 0 saturated carbocycles. The molecule has 0 bridgehead atoms. The Balaban J connectivity index is 2.16. The van der Waals surface area contributed by atoms with Gasteiger partial charge in [0.05, 0.1) is 18.3 Å². The fourth-order valence-electron chi connectivity index (χ4n) is 2.46. The molecule has 1 amide bonds. The molecule has 0 radical (unpaired) electrons. The average Bonchev–Trinajstić information content (AvgIpc) is 2.39. The SMILES string of the molecule is CC1CN(C(=O)C(C#N)c2ccccc2)CC(C)O1. The van der Waals surface area contributed by atoms with E-state index in [4.69, 9.17) is 4.74 Å². The lowest BCUT2D eigenvalue weighted by Crippen LogP contribution is -2.49. The minimum absolute atomic E-state index is 0.0165. The number of nitriles is 1. The van der Waals surface area contributed by atoms with E-state index in [1.165, 1.54) is 0 Å². The first-order valence-electron chi connectivity index (χ1n) is 6.50. The molecule has 1 saturated heterocycles. The van der Waals surface area contributed by atoms with Crippen molar-refractivity contribution in [3.8, 4) is 6.07 Å². The summed E-state index contributed by atoms with van der Waals surface area (Å²) < 4.78 is 5.61. The van der Waals surface area contributed by atoms with Crippen molar-refractivity contribution in [1.29, 1.82) is 5.26 Å². The molecule has 0 N–H and O–H groups in total. The number of hydrogen-bond acceptors (Lipinski definition) is 3. The Kier molecular flexibility index (Phi) is 4.18. The third kappa shape index (κ3) is 3.12. The van der Waals surface area contributed by atoms with Gasteiger partial charge >= 0.3 is 0 Å². The number of nitrogens with zero attached hydrogens (tertiary/aromatic N) is 2. The molecule has 4 nitrogen and oxygen atoms in total. The van der Waals surface area contributed by atoms with Crippen LogP contribution in [0.15, 0.2) is 30.3 Å². The highest BCUT2D eigenvalue weighted by Gasteiger charge is 2.31. The van der Waals surface area contributed by atoms with Gasteiger partial charge in [-0.1, -0.05) is 30.3 Å². The van der Waals surface area contributed by atoms with E-state index in [-0.39, 0.29) is 18.1 Å². The average molecular weight is 258 g/mol. The van der Waals surface area contributed by atoms with Crippen LogP contribution in [0.1, 0.15) is 25.3 Å². The van der Waals surface area contributed by atoms with E-state index in [9.17, 15) is 10.1 Å². The lowest BCUT2D eigenvalue weighted by Gasteiger charge is -2.36. The lowest BCUT2D eigenvalue weighted by atomic mass is 9.98. The zero-order chi connectivity index (χ0) is 13.8. The Morgan fingerprint density at radius 1 is 1.32 bits per heavy atom. The third-order valence-corrected chi connectivity index (χ3v) is 3.24. The topological polar surface area (TPSA) is 53.3 Å². The molecule has 0 spiro atoms. The number of carbonyl (C=O) groups excluding carboxylic acids is 1. The Bertz CT molecular complexity index is 471. The minimum atomic E-state index is -0.723. The molecule has 1 aliphatic rings. The van der Waals surface area contributed by atoms with Crippen molar-refractivity contribution >= 4 is 5.91 Å². The van der Waals surface area contributed by atoms with Gasteiger partial charge in [0.15, 0.2) is 0 Å². The second-order valence-corrected chi connectivity index (χ2v) is 4.97. The fourth-order valence-corrected chi connectivity index (χ4v) is 2.46. The van der Waals surface area contributed by atoms with Crippen molar-refractivity contribution in [3.05, 3.63) is 35.9 Å². The maximum absolute atomic E-state index is 12.5.